The van der Waals surface area contributed by atoms with Gasteiger partial charge in [0.25, 0.3) is 0 Å². The van der Waals surface area contributed by atoms with Crippen molar-refractivity contribution in [1.29, 1.82) is 0 Å². The summed E-state index contributed by atoms with van der Waals surface area (Å²) in [6, 6.07) is 14.0. The first kappa shape index (κ1) is 20.2. The molecule has 0 saturated heterocycles. The first-order chi connectivity index (χ1) is 14.6. The maximum absolute atomic E-state index is 12.3. The minimum absolute atomic E-state index is 0.0979. The summed E-state index contributed by atoms with van der Waals surface area (Å²) in [5.74, 6) is 0.872. The monoisotopic (exact) mass is 421 g/mol. The number of hydrogen-bond acceptors (Lipinski definition) is 6. The zero-order chi connectivity index (χ0) is 21.1. The van der Waals surface area contributed by atoms with E-state index in [2.05, 4.69) is 45.6 Å². The van der Waals surface area contributed by atoms with E-state index in [-0.39, 0.29) is 11.7 Å². The number of fused-ring (bicyclic) bond motifs is 3. The smallest absolute Gasteiger partial charge is 0.230 e. The highest BCUT2D eigenvalue weighted by Gasteiger charge is 2.14. The van der Waals surface area contributed by atoms with Crippen LogP contribution >= 0.6 is 11.8 Å². The summed E-state index contributed by atoms with van der Waals surface area (Å²) in [7, 11) is 3.59. The van der Waals surface area contributed by atoms with Crippen LogP contribution in [0.4, 0.5) is 0 Å². The number of nitrogens with zero attached hydrogens (tertiary/aromatic N) is 4. The quantitative estimate of drug-likeness (QED) is 0.460. The van der Waals surface area contributed by atoms with Crippen molar-refractivity contribution in [2.24, 2.45) is 7.05 Å². The molecule has 0 aliphatic rings. The Morgan fingerprint density at radius 1 is 1.20 bits per heavy atom. The van der Waals surface area contributed by atoms with Crippen LogP contribution in [0.1, 0.15) is 18.1 Å². The maximum Gasteiger partial charge on any atom is 0.230 e. The minimum Gasteiger partial charge on any atom is -0.496 e. The molecule has 1 N–H and O–H groups in total. The van der Waals surface area contributed by atoms with Gasteiger partial charge in [-0.1, -0.05) is 43.0 Å². The highest BCUT2D eigenvalue weighted by Crippen LogP contribution is 2.27. The molecule has 2 aromatic heterocycles. The topological polar surface area (TPSA) is 81.9 Å². The second-order valence-corrected chi connectivity index (χ2v) is 7.85. The number of benzene rings is 2. The van der Waals surface area contributed by atoms with Crippen LogP contribution < -0.4 is 10.1 Å². The van der Waals surface area contributed by atoms with E-state index in [4.69, 9.17) is 4.74 Å². The first-order valence-corrected chi connectivity index (χ1v) is 10.7. The van der Waals surface area contributed by atoms with Crippen molar-refractivity contribution in [1.82, 2.24) is 25.1 Å². The zero-order valence-corrected chi connectivity index (χ0v) is 18.0. The average Bonchev–Trinajstić information content (AvgIpc) is 3.07. The van der Waals surface area contributed by atoms with E-state index < -0.39 is 0 Å². The van der Waals surface area contributed by atoms with E-state index >= 15 is 0 Å². The largest absolute Gasteiger partial charge is 0.496 e. The molecule has 0 bridgehead atoms. The van der Waals surface area contributed by atoms with Crippen molar-refractivity contribution in [3.63, 3.8) is 0 Å². The number of para-hydroxylation sites is 1. The number of amides is 1. The lowest BCUT2D eigenvalue weighted by Gasteiger charge is -2.09. The van der Waals surface area contributed by atoms with Gasteiger partial charge in [-0.15, -0.1) is 10.2 Å². The fourth-order valence-electron chi connectivity index (χ4n) is 3.40. The van der Waals surface area contributed by atoms with Gasteiger partial charge in [-0.3, -0.25) is 4.79 Å². The normalized spacial score (nSPS) is 11.2. The number of methoxy groups -OCH3 is 1. The Morgan fingerprint density at radius 2 is 2.03 bits per heavy atom. The molecular weight excluding hydrogens is 398 g/mol. The van der Waals surface area contributed by atoms with Gasteiger partial charge >= 0.3 is 0 Å². The Morgan fingerprint density at radius 3 is 2.83 bits per heavy atom. The van der Waals surface area contributed by atoms with Crippen LogP contribution in [0.25, 0.3) is 22.1 Å². The van der Waals surface area contributed by atoms with Gasteiger partial charge in [-0.05, 0) is 30.2 Å². The second-order valence-electron chi connectivity index (χ2n) is 6.91. The van der Waals surface area contributed by atoms with Crippen LogP contribution in [-0.4, -0.2) is 38.5 Å². The number of thioether (sulfide) groups is 1. The number of rotatable bonds is 7. The van der Waals surface area contributed by atoms with Crippen molar-refractivity contribution in [2.75, 3.05) is 12.9 Å². The van der Waals surface area contributed by atoms with Crippen LogP contribution in [0.3, 0.4) is 0 Å². The molecule has 0 radical (unpaired) electrons. The summed E-state index contributed by atoms with van der Waals surface area (Å²) in [6.45, 7) is 2.54. The maximum atomic E-state index is 12.3. The summed E-state index contributed by atoms with van der Waals surface area (Å²) in [5, 5.41) is 13.1. The van der Waals surface area contributed by atoms with E-state index in [1.807, 2.05) is 35.9 Å². The van der Waals surface area contributed by atoms with Crippen LogP contribution in [0.5, 0.6) is 5.75 Å². The van der Waals surface area contributed by atoms with Gasteiger partial charge in [0.1, 0.15) is 11.3 Å². The number of hydrogen-bond donors (Lipinski definition) is 1. The Balaban J connectivity index is 1.45. The van der Waals surface area contributed by atoms with Gasteiger partial charge < -0.3 is 14.6 Å². The summed E-state index contributed by atoms with van der Waals surface area (Å²) < 4.78 is 7.33. The fraction of sp³-hybridized carbons (Fsp3) is 0.273. The van der Waals surface area contributed by atoms with Crippen molar-refractivity contribution < 1.29 is 9.53 Å². The van der Waals surface area contributed by atoms with E-state index in [9.17, 15) is 4.79 Å². The highest BCUT2D eigenvalue weighted by molar-refractivity contribution is 7.99. The van der Waals surface area contributed by atoms with Gasteiger partial charge in [0.2, 0.25) is 11.1 Å². The molecule has 0 aliphatic heterocycles. The van der Waals surface area contributed by atoms with E-state index in [1.54, 1.807) is 7.11 Å². The molecule has 8 heteroatoms. The second kappa shape index (κ2) is 8.71. The summed E-state index contributed by atoms with van der Waals surface area (Å²) in [4.78, 5) is 16.9. The molecule has 2 heterocycles. The molecule has 0 aliphatic carbocycles. The molecule has 30 heavy (non-hydrogen) atoms. The van der Waals surface area contributed by atoms with Gasteiger partial charge in [0.15, 0.2) is 5.65 Å². The fourth-order valence-corrected chi connectivity index (χ4v) is 4.01. The number of carbonyl (C=O) groups excluding carboxylic acids is 1. The van der Waals surface area contributed by atoms with E-state index in [0.29, 0.717) is 11.7 Å². The number of ether oxygens (including phenoxy) is 1. The standard InChI is InChI=1S/C22H23N5O2S/c1-4-14-9-10-17-16(11-14)20-21(27(17)2)24-22(26-25-20)30-13-19(28)23-12-15-7-5-6-8-18(15)29-3/h5-11H,4,12-13H2,1-3H3,(H,23,28). The Labute approximate surface area is 178 Å². The van der Waals surface area contributed by atoms with Crippen molar-refractivity contribution in [2.45, 2.75) is 25.0 Å². The SMILES string of the molecule is CCc1ccc2c(c1)c1nnc(SCC(=O)NCc3ccccc3OC)nc1n2C. The molecule has 0 fully saturated rings. The molecule has 154 valence electrons. The van der Waals surface area contributed by atoms with E-state index in [0.717, 1.165) is 39.8 Å². The Bertz CT molecular complexity index is 1220. The lowest BCUT2D eigenvalue weighted by molar-refractivity contribution is -0.118. The van der Waals surface area contributed by atoms with Gasteiger partial charge in [-0.2, -0.15) is 0 Å². The molecule has 7 nitrogen and oxygen atoms in total. The number of carbonyl (C=O) groups is 1. The molecule has 0 saturated carbocycles. The molecule has 4 aromatic rings. The highest BCUT2D eigenvalue weighted by atomic mass is 32.2. The molecule has 2 aromatic carbocycles. The average molecular weight is 422 g/mol. The number of aromatic nitrogens is 4. The predicted octanol–water partition coefficient (Wildman–Crippen LogP) is 3.50. The zero-order valence-electron chi connectivity index (χ0n) is 17.2. The van der Waals surface area contributed by atoms with Crippen molar-refractivity contribution >= 4 is 39.7 Å². The molecule has 4 rings (SSSR count). The summed E-state index contributed by atoms with van der Waals surface area (Å²) in [6.07, 6.45) is 0.963. The summed E-state index contributed by atoms with van der Waals surface area (Å²) >= 11 is 1.27. The third-order valence-electron chi connectivity index (χ3n) is 5.05. The van der Waals surface area contributed by atoms with E-state index in [1.165, 1.54) is 17.3 Å². The van der Waals surface area contributed by atoms with Gasteiger partial charge in [0, 0.05) is 24.5 Å². The third kappa shape index (κ3) is 3.95. The Hall–Kier alpha value is -3.13. The minimum atomic E-state index is -0.0979. The first-order valence-electron chi connectivity index (χ1n) is 9.73. The van der Waals surface area contributed by atoms with Gasteiger partial charge in [-0.25, -0.2) is 4.98 Å². The number of nitrogens with one attached hydrogen (secondary N) is 1. The van der Waals surface area contributed by atoms with Crippen molar-refractivity contribution in [3.05, 3.63) is 53.6 Å². The molecule has 0 atom stereocenters. The number of aryl methyl sites for hydroxylation is 2. The van der Waals surface area contributed by atoms with Crippen LogP contribution in [0, 0.1) is 0 Å². The molecule has 0 unspecified atom stereocenters. The lowest BCUT2D eigenvalue weighted by Crippen LogP contribution is -2.24. The van der Waals surface area contributed by atoms with Crippen LogP contribution in [0.2, 0.25) is 0 Å². The lowest BCUT2D eigenvalue weighted by atomic mass is 10.1. The van der Waals surface area contributed by atoms with Crippen molar-refractivity contribution in [3.8, 4) is 5.75 Å². The van der Waals surface area contributed by atoms with Crippen LogP contribution in [-0.2, 0) is 24.8 Å². The van der Waals surface area contributed by atoms with Crippen LogP contribution in [0.15, 0.2) is 47.6 Å². The Kier molecular flexibility index (Phi) is 5.85. The summed E-state index contributed by atoms with van der Waals surface area (Å²) in [5.41, 5.74) is 4.81. The molecular formula is C22H23N5O2S. The third-order valence-corrected chi connectivity index (χ3v) is 5.89. The predicted molar refractivity (Wildman–Crippen MR) is 119 cm³/mol. The molecule has 1 amide bonds. The van der Waals surface area contributed by atoms with Gasteiger partial charge in [0.05, 0.1) is 18.4 Å². The molecule has 0 spiro atoms.